The largest absolute Gasteiger partial charge is 0.320 e. The fourth-order valence-corrected chi connectivity index (χ4v) is 2.24. The van der Waals surface area contributed by atoms with Crippen LogP contribution in [-0.4, -0.2) is 22.9 Å². The van der Waals surface area contributed by atoms with Crippen molar-refractivity contribution in [3.05, 3.63) is 48.7 Å². The monoisotopic (exact) mass is 248 g/mol. The van der Waals surface area contributed by atoms with E-state index in [0.29, 0.717) is 6.04 Å². The van der Waals surface area contributed by atoms with Crippen LogP contribution in [0.1, 0.15) is 19.9 Å². The summed E-state index contributed by atoms with van der Waals surface area (Å²) in [6, 6.07) is 14.5. The molecule has 19 heavy (non-hydrogen) atoms. The number of aromatic nitrogens is 3. The van der Waals surface area contributed by atoms with Gasteiger partial charge in [-0.1, -0.05) is 18.2 Å². The van der Waals surface area contributed by atoms with Crippen LogP contribution in [0, 0.1) is 0 Å². The van der Waals surface area contributed by atoms with Crippen molar-refractivity contribution >= 4 is 19.4 Å². The number of benzene rings is 1. The molecule has 1 aromatic carbocycles. The molecule has 0 N–H and O–H groups in total. The summed E-state index contributed by atoms with van der Waals surface area (Å²) in [7, 11) is 0. The highest BCUT2D eigenvalue weighted by Crippen LogP contribution is 2.26. The molecule has 0 unspecified atom stereocenters. The van der Waals surface area contributed by atoms with E-state index in [4.69, 9.17) is 4.98 Å². The first-order valence-electron chi connectivity index (χ1n) is 6.16. The topological polar surface area (TPSA) is 30.7 Å². The molecule has 0 amide bonds. The Kier molecular flexibility index (Phi) is 3.70. The van der Waals surface area contributed by atoms with E-state index in [1.165, 1.54) is 0 Å². The fourth-order valence-electron chi connectivity index (χ4n) is 2.24. The minimum absolute atomic E-state index is 0. The second-order valence-corrected chi connectivity index (χ2v) is 4.60. The average molecular weight is 248 g/mol. The van der Waals surface area contributed by atoms with Crippen molar-refractivity contribution in [1.82, 2.24) is 14.5 Å². The van der Waals surface area contributed by atoms with Gasteiger partial charge in [0.15, 0.2) is 5.82 Å². The van der Waals surface area contributed by atoms with Crippen molar-refractivity contribution < 1.29 is 0 Å². The molecular formula is C15H15BN3. The van der Waals surface area contributed by atoms with Crippen LogP contribution in [0.5, 0.6) is 0 Å². The van der Waals surface area contributed by atoms with Crippen molar-refractivity contribution in [1.29, 1.82) is 0 Å². The standard InChI is InChI=1S/C15H15N3.B/c1-11(2)18-14-9-4-3-7-12(14)17-15(18)13-8-5-6-10-16-13;/h3-11H,1-2H3;. The highest BCUT2D eigenvalue weighted by Gasteiger charge is 2.14. The Labute approximate surface area is 114 Å². The molecule has 0 saturated carbocycles. The van der Waals surface area contributed by atoms with E-state index in [1.807, 2.05) is 36.4 Å². The summed E-state index contributed by atoms with van der Waals surface area (Å²) in [4.78, 5) is 9.11. The number of hydrogen-bond donors (Lipinski definition) is 0. The number of para-hydroxylation sites is 2. The second kappa shape index (κ2) is 5.27. The minimum atomic E-state index is 0. The van der Waals surface area contributed by atoms with Crippen LogP contribution in [0.25, 0.3) is 22.6 Å². The van der Waals surface area contributed by atoms with Crippen LogP contribution in [0.3, 0.4) is 0 Å². The maximum absolute atomic E-state index is 4.70. The van der Waals surface area contributed by atoms with Gasteiger partial charge in [-0.05, 0) is 38.1 Å². The number of imidazole rings is 1. The van der Waals surface area contributed by atoms with E-state index in [9.17, 15) is 0 Å². The third-order valence-corrected chi connectivity index (χ3v) is 3.01. The van der Waals surface area contributed by atoms with Crippen LogP contribution in [0.15, 0.2) is 48.7 Å². The van der Waals surface area contributed by atoms with Crippen molar-refractivity contribution in [2.75, 3.05) is 0 Å². The van der Waals surface area contributed by atoms with Crippen LogP contribution in [0.2, 0.25) is 0 Å². The third-order valence-electron chi connectivity index (χ3n) is 3.01. The lowest BCUT2D eigenvalue weighted by Crippen LogP contribution is -2.03. The van der Waals surface area contributed by atoms with Gasteiger partial charge in [-0.2, -0.15) is 0 Å². The lowest BCUT2D eigenvalue weighted by Gasteiger charge is -2.12. The molecule has 0 fully saturated rings. The minimum Gasteiger partial charge on any atom is -0.320 e. The van der Waals surface area contributed by atoms with Gasteiger partial charge in [-0.25, -0.2) is 4.98 Å². The van der Waals surface area contributed by atoms with E-state index in [1.54, 1.807) is 6.20 Å². The number of fused-ring (bicyclic) bond motifs is 1. The van der Waals surface area contributed by atoms with E-state index in [2.05, 4.69) is 29.5 Å². The highest BCUT2D eigenvalue weighted by atomic mass is 15.1. The van der Waals surface area contributed by atoms with Gasteiger partial charge in [0, 0.05) is 20.7 Å². The van der Waals surface area contributed by atoms with Gasteiger partial charge in [0.2, 0.25) is 0 Å². The predicted octanol–water partition coefficient (Wildman–Crippen LogP) is 3.30. The van der Waals surface area contributed by atoms with E-state index in [0.717, 1.165) is 22.6 Å². The Morgan fingerprint density at radius 2 is 1.74 bits per heavy atom. The van der Waals surface area contributed by atoms with Gasteiger partial charge >= 0.3 is 0 Å². The summed E-state index contributed by atoms with van der Waals surface area (Å²) >= 11 is 0. The first kappa shape index (κ1) is 13.3. The second-order valence-electron chi connectivity index (χ2n) is 4.60. The summed E-state index contributed by atoms with van der Waals surface area (Å²) in [5.74, 6) is 0.937. The zero-order valence-corrected chi connectivity index (χ0v) is 11.1. The smallest absolute Gasteiger partial charge is 0.160 e. The highest BCUT2D eigenvalue weighted by molar-refractivity contribution is 5.80. The molecular weight excluding hydrogens is 233 g/mol. The molecule has 0 aliphatic rings. The number of nitrogens with zero attached hydrogens (tertiary/aromatic N) is 3. The van der Waals surface area contributed by atoms with E-state index in [-0.39, 0.29) is 8.41 Å². The van der Waals surface area contributed by atoms with Gasteiger partial charge in [0.05, 0.1) is 11.0 Å². The van der Waals surface area contributed by atoms with Crippen molar-refractivity contribution in [2.45, 2.75) is 19.9 Å². The summed E-state index contributed by atoms with van der Waals surface area (Å²) in [5, 5.41) is 0. The number of hydrogen-bond acceptors (Lipinski definition) is 2. The van der Waals surface area contributed by atoms with E-state index < -0.39 is 0 Å². The van der Waals surface area contributed by atoms with Gasteiger partial charge in [0.25, 0.3) is 0 Å². The van der Waals surface area contributed by atoms with Crippen LogP contribution < -0.4 is 0 Å². The molecule has 3 nitrogen and oxygen atoms in total. The summed E-state index contributed by atoms with van der Waals surface area (Å²) in [6.45, 7) is 4.33. The summed E-state index contributed by atoms with van der Waals surface area (Å²) < 4.78 is 2.23. The maximum atomic E-state index is 4.70. The molecule has 0 bridgehead atoms. The molecule has 4 heteroatoms. The Hall–Kier alpha value is -2.10. The Morgan fingerprint density at radius 3 is 2.42 bits per heavy atom. The van der Waals surface area contributed by atoms with Crippen molar-refractivity contribution in [3.8, 4) is 11.5 Å². The van der Waals surface area contributed by atoms with Gasteiger partial charge < -0.3 is 4.57 Å². The summed E-state index contributed by atoms with van der Waals surface area (Å²) in [6.07, 6.45) is 1.80. The van der Waals surface area contributed by atoms with Gasteiger partial charge in [-0.3, -0.25) is 4.98 Å². The molecule has 2 heterocycles. The Bertz CT molecular complexity index is 674. The quantitative estimate of drug-likeness (QED) is 0.651. The Morgan fingerprint density at radius 1 is 1.00 bits per heavy atom. The first-order valence-corrected chi connectivity index (χ1v) is 6.16. The molecule has 2 aromatic heterocycles. The van der Waals surface area contributed by atoms with Crippen LogP contribution >= 0.6 is 0 Å². The molecule has 3 radical (unpaired) electrons. The van der Waals surface area contributed by atoms with Gasteiger partial charge in [-0.15, -0.1) is 0 Å². The van der Waals surface area contributed by atoms with Crippen molar-refractivity contribution in [3.63, 3.8) is 0 Å². The van der Waals surface area contributed by atoms with Crippen LogP contribution in [-0.2, 0) is 0 Å². The molecule has 3 rings (SSSR count). The molecule has 3 aromatic rings. The lowest BCUT2D eigenvalue weighted by molar-refractivity contribution is 0.623. The molecule has 0 aliphatic carbocycles. The third kappa shape index (κ3) is 2.26. The lowest BCUT2D eigenvalue weighted by atomic mass is 10.3. The predicted molar refractivity (Wildman–Crippen MR) is 79.1 cm³/mol. The first-order chi connectivity index (χ1) is 8.77. The number of pyridine rings is 1. The SMILES string of the molecule is CC(C)n1c(-c2ccccn2)nc2ccccc21.[B]. The average Bonchev–Trinajstić information content (AvgIpc) is 2.79. The fraction of sp³-hybridized carbons (Fsp3) is 0.200. The molecule has 0 spiro atoms. The van der Waals surface area contributed by atoms with Gasteiger partial charge in [0.1, 0.15) is 5.69 Å². The Balaban J connectivity index is 0.00000133. The molecule has 0 saturated heterocycles. The number of rotatable bonds is 2. The van der Waals surface area contributed by atoms with E-state index >= 15 is 0 Å². The maximum Gasteiger partial charge on any atom is 0.160 e. The zero-order chi connectivity index (χ0) is 12.5. The summed E-state index contributed by atoms with van der Waals surface area (Å²) in [5.41, 5.74) is 3.10. The molecule has 0 atom stereocenters. The van der Waals surface area contributed by atoms with Crippen LogP contribution in [0.4, 0.5) is 0 Å². The molecule has 0 aliphatic heterocycles. The normalized spacial score (nSPS) is 10.7. The van der Waals surface area contributed by atoms with Crippen molar-refractivity contribution in [2.24, 2.45) is 0 Å². The zero-order valence-electron chi connectivity index (χ0n) is 11.1. The molecule has 93 valence electrons.